The van der Waals surface area contributed by atoms with Crippen molar-refractivity contribution in [1.82, 2.24) is 0 Å². The van der Waals surface area contributed by atoms with E-state index in [4.69, 9.17) is 9.47 Å². The van der Waals surface area contributed by atoms with Crippen LogP contribution in [0.5, 0.6) is 34.5 Å². The summed E-state index contributed by atoms with van der Waals surface area (Å²) in [4.78, 5) is 40.7. The average molecular weight is 571 g/mol. The molecule has 2 aliphatic carbocycles. The van der Waals surface area contributed by atoms with E-state index in [1.54, 1.807) is 6.92 Å². The van der Waals surface area contributed by atoms with Crippen LogP contribution in [0.15, 0.2) is 30.3 Å². The number of aliphatic hydroxyl groups is 1. The first-order chi connectivity index (χ1) is 19.8. The fourth-order valence-corrected chi connectivity index (χ4v) is 6.27. The van der Waals surface area contributed by atoms with E-state index in [1.165, 1.54) is 51.5 Å². The Kier molecular flexibility index (Phi) is 5.78. The van der Waals surface area contributed by atoms with Gasteiger partial charge in [0.15, 0.2) is 11.6 Å². The number of methoxy groups -OCH3 is 2. The molecule has 1 atom stereocenters. The number of phenols is 4. The number of ether oxygens (including phenoxy) is 2. The third kappa shape index (κ3) is 3.65. The molecule has 0 spiro atoms. The van der Waals surface area contributed by atoms with Gasteiger partial charge < -0.3 is 35.0 Å². The number of benzene rings is 4. The standard InChI is InChI=1S/C32H26O10/c1-12-5-15-24(18(33)6-12)30(38)26-16(28(15)36)9-21(42-4)27(31(26)39)22-14-7-13(41-3)8-19(34)23(14)29(37)25-17(22)10-32(2,40)11-20(25)35/h5-9,33-34,37,39-40H,10-11H2,1-4H3. The Labute approximate surface area is 239 Å². The minimum absolute atomic E-state index is 0.0250. The van der Waals surface area contributed by atoms with E-state index >= 15 is 0 Å². The summed E-state index contributed by atoms with van der Waals surface area (Å²) in [6.07, 6.45) is -0.467. The van der Waals surface area contributed by atoms with E-state index in [0.717, 1.165) is 0 Å². The summed E-state index contributed by atoms with van der Waals surface area (Å²) in [6.45, 7) is 3.11. The fraction of sp³-hybridized carbons (Fsp3) is 0.219. The van der Waals surface area contributed by atoms with Gasteiger partial charge in [0, 0.05) is 41.0 Å². The van der Waals surface area contributed by atoms with Crippen LogP contribution in [0.2, 0.25) is 0 Å². The number of carbonyl (C=O) groups is 3. The zero-order chi connectivity index (χ0) is 30.4. The Morgan fingerprint density at radius 3 is 2.07 bits per heavy atom. The Hall–Kier alpha value is -5.09. The quantitative estimate of drug-likeness (QED) is 0.211. The van der Waals surface area contributed by atoms with Gasteiger partial charge in [-0.05, 0) is 49.2 Å². The molecule has 0 saturated heterocycles. The van der Waals surface area contributed by atoms with Crippen LogP contribution < -0.4 is 9.47 Å². The molecular formula is C32H26O10. The summed E-state index contributed by atoms with van der Waals surface area (Å²) in [6, 6.07) is 6.81. The number of rotatable bonds is 3. The fourth-order valence-electron chi connectivity index (χ4n) is 6.27. The SMILES string of the molecule is COc1cc(O)c2c(O)c3c(c(-c4c(OC)cc5c(c4O)C(=O)c4c(O)cc(C)cc4C5=O)c2c1)CC(C)(O)CC3=O. The maximum atomic E-state index is 13.8. The normalized spacial score (nSPS) is 17.6. The summed E-state index contributed by atoms with van der Waals surface area (Å²) in [5.41, 5.74) is -1.89. The van der Waals surface area contributed by atoms with Crippen molar-refractivity contribution < 1.29 is 49.4 Å². The van der Waals surface area contributed by atoms with Crippen LogP contribution in [0, 0.1) is 6.92 Å². The van der Waals surface area contributed by atoms with E-state index in [0.29, 0.717) is 5.56 Å². The lowest BCUT2D eigenvalue weighted by Crippen LogP contribution is -2.36. The molecule has 1 unspecified atom stereocenters. The second-order valence-corrected chi connectivity index (χ2v) is 11.0. The van der Waals surface area contributed by atoms with Crippen molar-refractivity contribution in [3.8, 4) is 45.6 Å². The number of Topliss-reactive ketones (excluding diaryl/α,β-unsaturated/α-hetero) is 1. The van der Waals surface area contributed by atoms with Gasteiger partial charge in [-0.25, -0.2) is 0 Å². The van der Waals surface area contributed by atoms with E-state index < -0.39 is 51.5 Å². The third-order valence-electron chi connectivity index (χ3n) is 7.99. The molecule has 0 fully saturated rings. The van der Waals surface area contributed by atoms with Gasteiger partial charge in [-0.1, -0.05) is 0 Å². The highest BCUT2D eigenvalue weighted by Gasteiger charge is 2.41. The number of hydrogen-bond donors (Lipinski definition) is 5. The van der Waals surface area contributed by atoms with Gasteiger partial charge in [0.2, 0.25) is 5.78 Å². The predicted molar refractivity (Wildman–Crippen MR) is 150 cm³/mol. The minimum Gasteiger partial charge on any atom is -0.507 e. The highest BCUT2D eigenvalue weighted by atomic mass is 16.5. The Morgan fingerprint density at radius 1 is 0.714 bits per heavy atom. The number of phenolic OH excluding ortho intramolecular Hbond substituents is 4. The lowest BCUT2D eigenvalue weighted by Gasteiger charge is -2.33. The van der Waals surface area contributed by atoms with Crippen LogP contribution in [0.1, 0.15) is 66.7 Å². The zero-order valence-electron chi connectivity index (χ0n) is 23.1. The van der Waals surface area contributed by atoms with Crippen LogP contribution in [0.3, 0.4) is 0 Å². The van der Waals surface area contributed by atoms with Crippen molar-refractivity contribution in [3.63, 3.8) is 0 Å². The van der Waals surface area contributed by atoms with E-state index in [-0.39, 0.29) is 74.1 Å². The molecule has 10 nitrogen and oxygen atoms in total. The number of carbonyl (C=O) groups excluding carboxylic acids is 3. The molecule has 0 radical (unpaired) electrons. The molecule has 0 heterocycles. The summed E-state index contributed by atoms with van der Waals surface area (Å²) >= 11 is 0. The van der Waals surface area contributed by atoms with Crippen molar-refractivity contribution in [2.75, 3.05) is 14.2 Å². The molecule has 4 aromatic carbocycles. The molecule has 214 valence electrons. The summed E-state index contributed by atoms with van der Waals surface area (Å²) in [5, 5.41) is 55.7. The number of ketones is 3. The van der Waals surface area contributed by atoms with Gasteiger partial charge in [-0.15, -0.1) is 0 Å². The highest BCUT2D eigenvalue weighted by Crippen LogP contribution is 2.54. The van der Waals surface area contributed by atoms with Crippen LogP contribution in [0.25, 0.3) is 21.9 Å². The first kappa shape index (κ1) is 27.1. The van der Waals surface area contributed by atoms with Gasteiger partial charge in [0.25, 0.3) is 0 Å². The molecule has 6 rings (SSSR count). The molecule has 0 aromatic heterocycles. The second-order valence-electron chi connectivity index (χ2n) is 11.0. The number of aromatic hydroxyl groups is 4. The molecular weight excluding hydrogens is 544 g/mol. The summed E-state index contributed by atoms with van der Waals surface area (Å²) < 4.78 is 11.0. The number of hydrogen-bond acceptors (Lipinski definition) is 10. The van der Waals surface area contributed by atoms with Crippen LogP contribution in [0.4, 0.5) is 0 Å². The van der Waals surface area contributed by atoms with Crippen LogP contribution in [-0.4, -0.2) is 62.7 Å². The Balaban J connectivity index is 1.80. The molecule has 5 N–H and O–H groups in total. The Morgan fingerprint density at radius 2 is 1.40 bits per heavy atom. The van der Waals surface area contributed by atoms with E-state index in [1.807, 2.05) is 0 Å². The number of aryl methyl sites for hydroxylation is 1. The Bertz CT molecular complexity index is 1930. The first-order valence-corrected chi connectivity index (χ1v) is 13.0. The monoisotopic (exact) mass is 570 g/mol. The molecule has 0 saturated carbocycles. The molecule has 10 heteroatoms. The molecule has 0 bridgehead atoms. The maximum absolute atomic E-state index is 13.8. The van der Waals surface area contributed by atoms with E-state index in [2.05, 4.69) is 0 Å². The summed E-state index contributed by atoms with van der Waals surface area (Å²) in [5.74, 6) is -3.94. The molecule has 2 aliphatic rings. The van der Waals surface area contributed by atoms with Gasteiger partial charge in [0.1, 0.15) is 34.5 Å². The minimum atomic E-state index is -1.54. The van der Waals surface area contributed by atoms with Crippen molar-refractivity contribution in [1.29, 1.82) is 0 Å². The smallest absolute Gasteiger partial charge is 0.201 e. The predicted octanol–water partition coefficient (Wildman–Crippen LogP) is 4.31. The van der Waals surface area contributed by atoms with Crippen LogP contribution in [-0.2, 0) is 6.42 Å². The number of fused-ring (bicyclic) bond motifs is 4. The highest BCUT2D eigenvalue weighted by molar-refractivity contribution is 6.31. The van der Waals surface area contributed by atoms with Crippen molar-refractivity contribution in [2.45, 2.75) is 32.3 Å². The van der Waals surface area contributed by atoms with E-state index in [9.17, 15) is 39.9 Å². The lowest BCUT2D eigenvalue weighted by atomic mass is 9.74. The second kappa shape index (κ2) is 8.95. The molecule has 4 aromatic rings. The van der Waals surface area contributed by atoms with Crippen molar-refractivity contribution in [2.24, 2.45) is 0 Å². The molecule has 0 aliphatic heterocycles. The van der Waals surface area contributed by atoms with Gasteiger partial charge in [-0.3, -0.25) is 14.4 Å². The average Bonchev–Trinajstić information content (AvgIpc) is 2.90. The first-order valence-electron chi connectivity index (χ1n) is 13.0. The third-order valence-corrected chi connectivity index (χ3v) is 7.99. The topological polar surface area (TPSA) is 171 Å². The van der Waals surface area contributed by atoms with Gasteiger partial charge in [0.05, 0.1) is 47.5 Å². The maximum Gasteiger partial charge on any atom is 0.201 e. The molecule has 0 amide bonds. The zero-order valence-corrected chi connectivity index (χ0v) is 23.1. The van der Waals surface area contributed by atoms with Gasteiger partial charge in [-0.2, -0.15) is 0 Å². The van der Waals surface area contributed by atoms with Crippen molar-refractivity contribution in [3.05, 3.63) is 69.3 Å². The van der Waals surface area contributed by atoms with Gasteiger partial charge >= 0.3 is 0 Å². The summed E-state index contributed by atoms with van der Waals surface area (Å²) in [7, 11) is 2.65. The molecule has 42 heavy (non-hydrogen) atoms. The van der Waals surface area contributed by atoms with Crippen molar-refractivity contribution >= 4 is 28.1 Å². The lowest BCUT2D eigenvalue weighted by molar-refractivity contribution is 0.0410. The largest absolute Gasteiger partial charge is 0.507 e. The van der Waals surface area contributed by atoms with Crippen LogP contribution >= 0.6 is 0 Å².